The molecule has 5 nitrogen and oxygen atoms in total. The Morgan fingerprint density at radius 2 is 1.73 bits per heavy atom. The van der Waals surface area contributed by atoms with Gasteiger partial charge in [-0.2, -0.15) is 0 Å². The van der Waals surface area contributed by atoms with Crippen molar-refractivity contribution in [3.63, 3.8) is 0 Å². The van der Waals surface area contributed by atoms with E-state index in [4.69, 9.17) is 9.72 Å². The molecule has 7 rings (SSSR count). The number of nitrogens with one attached hydrogen (secondary N) is 1. The van der Waals surface area contributed by atoms with Crippen LogP contribution >= 0.6 is 0 Å². The molecule has 0 radical (unpaired) electrons. The van der Waals surface area contributed by atoms with Crippen molar-refractivity contribution in [1.82, 2.24) is 14.9 Å². The van der Waals surface area contributed by atoms with Gasteiger partial charge in [-0.3, -0.25) is 4.79 Å². The van der Waals surface area contributed by atoms with E-state index in [1.165, 1.54) is 24.8 Å². The highest BCUT2D eigenvalue weighted by Gasteiger charge is 2.54. The fraction of sp³-hybridized carbons (Fsp3) is 0.562. The molecule has 196 valence electrons. The molecule has 4 fully saturated rings. The van der Waals surface area contributed by atoms with E-state index in [2.05, 4.69) is 66.2 Å². The minimum absolute atomic E-state index is 0.0901. The molecule has 4 aliphatic carbocycles. The second-order valence-electron chi connectivity index (χ2n) is 12.1. The molecule has 4 bridgehead atoms. The molecule has 1 N–H and O–H groups in total. The summed E-state index contributed by atoms with van der Waals surface area (Å²) in [5.74, 6) is 5.15. The van der Waals surface area contributed by atoms with E-state index in [9.17, 15) is 4.79 Å². The van der Waals surface area contributed by atoms with Crippen LogP contribution in [-0.4, -0.2) is 28.6 Å². The van der Waals surface area contributed by atoms with Crippen LogP contribution in [0.1, 0.15) is 76.1 Å². The number of ether oxygens (including phenoxy) is 1. The second-order valence-corrected chi connectivity index (χ2v) is 12.1. The molecule has 0 spiro atoms. The number of carbonyl (C=O) groups excluding carboxylic acids is 1. The van der Waals surface area contributed by atoms with Gasteiger partial charge in [0.1, 0.15) is 18.2 Å². The Kier molecular flexibility index (Phi) is 6.73. The number of aromatic nitrogens is 2. The van der Waals surface area contributed by atoms with E-state index in [0.717, 1.165) is 79.0 Å². The Morgan fingerprint density at radius 1 is 1.05 bits per heavy atom. The highest BCUT2D eigenvalue weighted by atomic mass is 16.5. The lowest BCUT2D eigenvalue weighted by molar-refractivity contribution is -0.146. The van der Waals surface area contributed by atoms with Crippen LogP contribution in [-0.2, 0) is 17.8 Å². The first-order valence-corrected chi connectivity index (χ1v) is 14.5. The quantitative estimate of drug-likeness (QED) is 0.346. The smallest absolute Gasteiger partial charge is 0.226 e. The van der Waals surface area contributed by atoms with Gasteiger partial charge in [-0.15, -0.1) is 0 Å². The molecule has 3 aromatic rings. The van der Waals surface area contributed by atoms with Crippen LogP contribution in [0.25, 0.3) is 11.0 Å². The van der Waals surface area contributed by atoms with E-state index < -0.39 is 0 Å². The molecule has 0 aliphatic heterocycles. The summed E-state index contributed by atoms with van der Waals surface area (Å²) in [5.41, 5.74) is 3.39. The monoisotopic (exact) mass is 499 g/mol. The number of hydrogen-bond donors (Lipinski definition) is 1. The number of hydrogen-bond acceptors (Lipinski definition) is 3. The second kappa shape index (κ2) is 10.2. The summed E-state index contributed by atoms with van der Waals surface area (Å²) in [5, 5.41) is 3.34. The van der Waals surface area contributed by atoms with Gasteiger partial charge >= 0.3 is 0 Å². The largest absolute Gasteiger partial charge is 0.492 e. The molecule has 4 aliphatic rings. The summed E-state index contributed by atoms with van der Waals surface area (Å²) in [4.78, 5) is 18.3. The van der Waals surface area contributed by atoms with Crippen molar-refractivity contribution in [2.24, 2.45) is 23.2 Å². The Labute approximate surface area is 221 Å². The lowest BCUT2D eigenvalue weighted by atomic mass is 9.49. The van der Waals surface area contributed by atoms with Crippen molar-refractivity contribution in [1.29, 1.82) is 0 Å². The minimum atomic E-state index is -0.0901. The Bertz CT molecular complexity index is 1210. The molecule has 1 aromatic heterocycles. The fourth-order valence-corrected chi connectivity index (χ4v) is 7.81. The summed E-state index contributed by atoms with van der Waals surface area (Å²) in [6.07, 6.45) is 9.29. The summed E-state index contributed by atoms with van der Waals surface area (Å²) < 4.78 is 8.38. The Hall–Kier alpha value is -2.82. The van der Waals surface area contributed by atoms with Gasteiger partial charge in [0.15, 0.2) is 0 Å². The minimum Gasteiger partial charge on any atom is -0.492 e. The first-order valence-electron chi connectivity index (χ1n) is 14.5. The molecule has 1 atom stereocenters. The molecule has 4 saturated carbocycles. The van der Waals surface area contributed by atoms with Crippen molar-refractivity contribution in [2.45, 2.75) is 77.7 Å². The van der Waals surface area contributed by atoms with Crippen LogP contribution in [0, 0.1) is 23.2 Å². The first-order chi connectivity index (χ1) is 18.0. The third-order valence-electron chi connectivity index (χ3n) is 9.53. The number of para-hydroxylation sites is 2. The van der Waals surface area contributed by atoms with Gasteiger partial charge in [-0.25, -0.2) is 4.98 Å². The molecule has 5 heteroatoms. The zero-order chi connectivity index (χ0) is 25.4. The number of nitrogens with zero attached hydrogens (tertiary/aromatic N) is 2. The van der Waals surface area contributed by atoms with E-state index in [-0.39, 0.29) is 5.41 Å². The fourth-order valence-electron chi connectivity index (χ4n) is 7.81. The van der Waals surface area contributed by atoms with Gasteiger partial charge < -0.3 is 14.6 Å². The number of imidazole rings is 1. The van der Waals surface area contributed by atoms with Crippen molar-refractivity contribution in [3.8, 4) is 5.75 Å². The first kappa shape index (κ1) is 24.5. The number of carbonyl (C=O) groups is 1. The normalized spacial score (nSPS) is 26.9. The number of rotatable bonds is 10. The van der Waals surface area contributed by atoms with Crippen LogP contribution in [0.2, 0.25) is 0 Å². The van der Waals surface area contributed by atoms with Crippen molar-refractivity contribution < 1.29 is 9.53 Å². The molecule has 1 heterocycles. The predicted molar refractivity (Wildman–Crippen MR) is 148 cm³/mol. The highest BCUT2D eigenvalue weighted by Crippen LogP contribution is 2.60. The molecular weight excluding hydrogens is 458 g/mol. The molecular formula is C32H41N3O2. The van der Waals surface area contributed by atoms with Crippen LogP contribution < -0.4 is 10.1 Å². The average molecular weight is 500 g/mol. The summed E-state index contributed by atoms with van der Waals surface area (Å²) in [6.45, 7) is 6.42. The van der Waals surface area contributed by atoms with Gasteiger partial charge in [0, 0.05) is 18.4 Å². The lowest BCUT2D eigenvalue weighted by Crippen LogP contribution is -2.53. The highest BCUT2D eigenvalue weighted by molar-refractivity contribution is 5.83. The van der Waals surface area contributed by atoms with Gasteiger partial charge in [-0.1, -0.05) is 38.1 Å². The number of benzene rings is 2. The van der Waals surface area contributed by atoms with Gasteiger partial charge in [0.05, 0.1) is 17.6 Å². The Balaban J connectivity index is 1.09. The maximum absolute atomic E-state index is 13.4. The summed E-state index contributed by atoms with van der Waals surface area (Å²) in [6, 6.07) is 16.8. The topological polar surface area (TPSA) is 56.1 Å². The van der Waals surface area contributed by atoms with Gasteiger partial charge in [0.2, 0.25) is 5.91 Å². The lowest BCUT2D eigenvalue weighted by Gasteiger charge is -2.55. The van der Waals surface area contributed by atoms with Crippen LogP contribution in [0.4, 0.5) is 0 Å². The zero-order valence-corrected chi connectivity index (χ0v) is 22.4. The summed E-state index contributed by atoms with van der Waals surface area (Å²) in [7, 11) is 0. The van der Waals surface area contributed by atoms with Crippen molar-refractivity contribution >= 4 is 16.9 Å². The van der Waals surface area contributed by atoms with E-state index >= 15 is 0 Å². The van der Waals surface area contributed by atoms with Crippen molar-refractivity contribution in [3.05, 3.63) is 59.9 Å². The van der Waals surface area contributed by atoms with Gasteiger partial charge in [0.25, 0.3) is 0 Å². The average Bonchev–Trinajstić information content (AvgIpc) is 3.25. The predicted octanol–water partition coefficient (Wildman–Crippen LogP) is 6.50. The maximum atomic E-state index is 13.4. The van der Waals surface area contributed by atoms with Crippen LogP contribution in [0.5, 0.6) is 5.75 Å². The molecule has 37 heavy (non-hydrogen) atoms. The van der Waals surface area contributed by atoms with E-state index in [1.807, 2.05) is 6.07 Å². The zero-order valence-electron chi connectivity index (χ0n) is 22.4. The Morgan fingerprint density at radius 3 is 2.41 bits per heavy atom. The number of amides is 1. The SMILES string of the molecule is CCC(C)c1ccc(OCCn2c(CCNC(=O)C34CC5CC(CC(C5)C3)C4)nc3ccccc32)cc1. The van der Waals surface area contributed by atoms with Crippen LogP contribution in [0.3, 0.4) is 0 Å². The molecule has 2 aromatic carbocycles. The number of fused-ring (bicyclic) bond motifs is 1. The van der Waals surface area contributed by atoms with Crippen LogP contribution in [0.15, 0.2) is 48.5 Å². The van der Waals surface area contributed by atoms with E-state index in [0.29, 0.717) is 25.0 Å². The molecule has 1 amide bonds. The standard InChI is InChI=1S/C32H41N3O2/c1-3-22(2)26-8-10-27(11-9-26)37-15-14-35-29-7-5-4-6-28(29)34-30(35)12-13-33-31(36)32-19-23-16-24(20-32)18-25(17-23)21-32/h4-11,22-25H,3,12-21H2,1-2H3,(H,33,36). The maximum Gasteiger partial charge on any atom is 0.226 e. The third-order valence-corrected chi connectivity index (χ3v) is 9.53. The van der Waals surface area contributed by atoms with Crippen molar-refractivity contribution in [2.75, 3.05) is 13.2 Å². The molecule has 0 saturated heterocycles. The molecule has 1 unspecified atom stereocenters. The summed E-state index contributed by atoms with van der Waals surface area (Å²) >= 11 is 0. The third kappa shape index (κ3) is 4.89. The van der Waals surface area contributed by atoms with E-state index in [1.54, 1.807) is 0 Å². The van der Waals surface area contributed by atoms with Gasteiger partial charge in [-0.05, 0) is 98.4 Å².